The van der Waals surface area contributed by atoms with Gasteiger partial charge in [0.05, 0.1) is 35.6 Å². The van der Waals surface area contributed by atoms with Crippen molar-refractivity contribution in [3.63, 3.8) is 0 Å². The zero-order valence-electron chi connectivity index (χ0n) is 22.2. The van der Waals surface area contributed by atoms with Gasteiger partial charge in [-0.2, -0.15) is 0 Å². The molecule has 1 aliphatic heterocycles. The summed E-state index contributed by atoms with van der Waals surface area (Å²) in [6, 6.07) is 21.6. The Bertz CT molecular complexity index is 1760. The van der Waals surface area contributed by atoms with Crippen LogP contribution in [0.4, 0.5) is 0 Å². The van der Waals surface area contributed by atoms with E-state index in [9.17, 15) is 9.59 Å². The average molecular weight is 575 g/mol. The topological polar surface area (TPSA) is 79.1 Å². The summed E-state index contributed by atoms with van der Waals surface area (Å²) in [5.41, 5.74) is 3.11. The van der Waals surface area contributed by atoms with E-state index in [1.807, 2.05) is 66.7 Å². The average Bonchev–Trinajstić information content (AvgIpc) is 3.26. The maximum absolute atomic E-state index is 13.8. The fourth-order valence-electron chi connectivity index (χ4n) is 4.48. The Morgan fingerprint density at radius 3 is 2.42 bits per heavy atom. The smallest absolute Gasteiger partial charge is 0.338 e. The molecular formula is C31H27ClN2O5S. The molecule has 0 spiro atoms. The van der Waals surface area contributed by atoms with Crippen molar-refractivity contribution in [2.75, 3.05) is 13.7 Å². The Morgan fingerprint density at radius 2 is 1.75 bits per heavy atom. The van der Waals surface area contributed by atoms with Crippen LogP contribution >= 0.6 is 22.9 Å². The summed E-state index contributed by atoms with van der Waals surface area (Å²) in [6.45, 7) is 4.08. The van der Waals surface area contributed by atoms with Crippen molar-refractivity contribution in [1.29, 1.82) is 0 Å². The van der Waals surface area contributed by atoms with Gasteiger partial charge in [-0.3, -0.25) is 9.36 Å². The van der Waals surface area contributed by atoms with E-state index in [-0.39, 0.29) is 12.2 Å². The van der Waals surface area contributed by atoms with Gasteiger partial charge >= 0.3 is 5.97 Å². The quantitative estimate of drug-likeness (QED) is 0.276. The first-order chi connectivity index (χ1) is 19.4. The minimum Gasteiger partial charge on any atom is -0.497 e. The number of aromatic nitrogens is 1. The van der Waals surface area contributed by atoms with E-state index in [1.54, 1.807) is 37.7 Å². The zero-order chi connectivity index (χ0) is 28.2. The van der Waals surface area contributed by atoms with E-state index in [0.717, 1.165) is 16.7 Å². The number of halogens is 1. The highest BCUT2D eigenvalue weighted by Gasteiger charge is 2.33. The second-order valence-electron chi connectivity index (χ2n) is 9.02. The summed E-state index contributed by atoms with van der Waals surface area (Å²) in [5, 5.41) is 0.656. The monoisotopic (exact) mass is 574 g/mol. The number of esters is 1. The summed E-state index contributed by atoms with van der Waals surface area (Å²) in [7, 11) is 1.59. The number of rotatable bonds is 8. The van der Waals surface area contributed by atoms with Crippen molar-refractivity contribution in [3.05, 3.63) is 125 Å². The predicted molar refractivity (Wildman–Crippen MR) is 156 cm³/mol. The fourth-order valence-corrected chi connectivity index (χ4v) is 5.72. The summed E-state index contributed by atoms with van der Waals surface area (Å²) >= 11 is 7.50. The molecule has 5 rings (SSSR count). The van der Waals surface area contributed by atoms with Gasteiger partial charge in [0.15, 0.2) is 4.80 Å². The van der Waals surface area contributed by atoms with E-state index in [4.69, 9.17) is 25.8 Å². The van der Waals surface area contributed by atoms with Gasteiger partial charge in [0.1, 0.15) is 18.1 Å². The summed E-state index contributed by atoms with van der Waals surface area (Å²) in [4.78, 5) is 31.9. The fraction of sp³-hybridized carbons (Fsp3) is 0.194. The lowest BCUT2D eigenvalue weighted by molar-refractivity contribution is -0.139. The van der Waals surface area contributed by atoms with Gasteiger partial charge in [-0.25, -0.2) is 9.79 Å². The van der Waals surface area contributed by atoms with E-state index < -0.39 is 12.0 Å². The molecule has 3 aromatic carbocycles. The lowest BCUT2D eigenvalue weighted by atomic mass is 9.96. The van der Waals surface area contributed by atoms with Crippen molar-refractivity contribution in [3.8, 4) is 11.5 Å². The number of allylic oxidation sites excluding steroid dienone is 1. The molecule has 1 aliphatic rings. The molecule has 204 valence electrons. The van der Waals surface area contributed by atoms with Gasteiger partial charge in [-0.05, 0) is 61.4 Å². The highest BCUT2D eigenvalue weighted by atomic mass is 35.5. The van der Waals surface area contributed by atoms with Crippen LogP contribution in [0, 0.1) is 0 Å². The molecule has 9 heteroatoms. The van der Waals surface area contributed by atoms with Crippen LogP contribution in [-0.2, 0) is 16.1 Å². The number of carbonyl (C=O) groups is 1. The van der Waals surface area contributed by atoms with E-state index in [1.165, 1.54) is 11.3 Å². The molecule has 0 N–H and O–H groups in total. The van der Waals surface area contributed by atoms with Crippen LogP contribution in [0.3, 0.4) is 0 Å². The van der Waals surface area contributed by atoms with Crippen molar-refractivity contribution in [2.24, 2.45) is 4.99 Å². The molecule has 1 unspecified atom stereocenters. The van der Waals surface area contributed by atoms with E-state index in [0.29, 0.717) is 43.7 Å². The molecule has 0 aliphatic carbocycles. The number of nitrogens with zero attached hydrogens (tertiary/aromatic N) is 2. The van der Waals surface area contributed by atoms with Gasteiger partial charge in [0, 0.05) is 10.6 Å². The Kier molecular flexibility index (Phi) is 8.19. The molecule has 0 bridgehead atoms. The van der Waals surface area contributed by atoms with Crippen molar-refractivity contribution < 1.29 is 19.0 Å². The Hall–Kier alpha value is -4.14. The van der Waals surface area contributed by atoms with Gasteiger partial charge in [-0.15, -0.1) is 0 Å². The molecule has 1 aromatic heterocycles. The maximum atomic E-state index is 13.8. The lowest BCUT2D eigenvalue weighted by Crippen LogP contribution is -2.39. The first kappa shape index (κ1) is 27.4. The molecule has 0 saturated carbocycles. The van der Waals surface area contributed by atoms with Gasteiger partial charge in [0.25, 0.3) is 5.56 Å². The molecule has 0 amide bonds. The third-order valence-corrected chi connectivity index (χ3v) is 7.83. The standard InChI is InChI=1S/C31H27ClN2O5S/c1-4-38-30(36)27-19(2)33-31-34(28(27)21-11-15-23(37-3)16-12-21)29(35)26(40-31)17-20-9-13-24(14-10-20)39-18-22-7-5-6-8-25(22)32/h5-17,28H,4,18H2,1-3H3/b26-17-. The maximum Gasteiger partial charge on any atom is 0.338 e. The van der Waals surface area contributed by atoms with Crippen molar-refractivity contribution in [2.45, 2.75) is 26.5 Å². The molecule has 4 aromatic rings. The van der Waals surface area contributed by atoms with Crippen LogP contribution in [0.1, 0.15) is 36.6 Å². The third kappa shape index (κ3) is 5.59. The number of benzene rings is 3. The SMILES string of the molecule is CCOC(=O)C1=C(C)N=c2s/c(=C\c3ccc(OCc4ccccc4Cl)cc3)c(=O)n2C1c1ccc(OC)cc1. The summed E-state index contributed by atoms with van der Waals surface area (Å²) in [5.74, 6) is 0.868. The van der Waals surface area contributed by atoms with Crippen LogP contribution in [-0.4, -0.2) is 24.3 Å². The molecule has 0 fully saturated rings. The molecule has 40 heavy (non-hydrogen) atoms. The molecular weight excluding hydrogens is 548 g/mol. The number of thiazole rings is 1. The Labute approximate surface area is 240 Å². The normalized spacial score (nSPS) is 14.9. The third-order valence-electron chi connectivity index (χ3n) is 6.48. The second-order valence-corrected chi connectivity index (χ2v) is 10.4. The highest BCUT2D eigenvalue weighted by Crippen LogP contribution is 2.31. The van der Waals surface area contributed by atoms with Gasteiger partial charge in [-0.1, -0.05) is 65.4 Å². The van der Waals surface area contributed by atoms with E-state index in [2.05, 4.69) is 4.99 Å². The number of ether oxygens (including phenoxy) is 3. The van der Waals surface area contributed by atoms with Crippen LogP contribution < -0.4 is 24.4 Å². The van der Waals surface area contributed by atoms with Gasteiger partial charge < -0.3 is 14.2 Å². The first-order valence-corrected chi connectivity index (χ1v) is 13.9. The van der Waals surface area contributed by atoms with Crippen LogP contribution in [0.25, 0.3) is 6.08 Å². The molecule has 0 saturated heterocycles. The first-order valence-electron chi connectivity index (χ1n) is 12.7. The Morgan fingerprint density at radius 1 is 1.05 bits per heavy atom. The lowest BCUT2D eigenvalue weighted by Gasteiger charge is -2.24. The largest absolute Gasteiger partial charge is 0.497 e. The summed E-state index contributed by atoms with van der Waals surface area (Å²) < 4.78 is 18.6. The van der Waals surface area contributed by atoms with Crippen molar-refractivity contribution >= 4 is 35.0 Å². The minimum atomic E-state index is -0.677. The van der Waals surface area contributed by atoms with Gasteiger partial charge in [0.2, 0.25) is 0 Å². The van der Waals surface area contributed by atoms with Crippen LogP contribution in [0.15, 0.2) is 93.9 Å². The number of fused-ring (bicyclic) bond motifs is 1. The van der Waals surface area contributed by atoms with Crippen LogP contribution in [0.2, 0.25) is 5.02 Å². The number of methoxy groups -OCH3 is 1. The number of hydrogen-bond acceptors (Lipinski definition) is 7. The summed E-state index contributed by atoms with van der Waals surface area (Å²) in [6.07, 6.45) is 1.82. The minimum absolute atomic E-state index is 0.216. The molecule has 7 nitrogen and oxygen atoms in total. The molecule has 1 atom stereocenters. The molecule has 0 radical (unpaired) electrons. The number of carbonyl (C=O) groups excluding carboxylic acids is 1. The second kappa shape index (κ2) is 11.9. The predicted octanol–water partition coefficient (Wildman–Crippen LogP) is 5.04. The molecule has 2 heterocycles. The van der Waals surface area contributed by atoms with E-state index >= 15 is 0 Å². The van der Waals surface area contributed by atoms with Crippen molar-refractivity contribution in [1.82, 2.24) is 4.57 Å². The van der Waals surface area contributed by atoms with Crippen LogP contribution in [0.5, 0.6) is 11.5 Å². The number of hydrogen-bond donors (Lipinski definition) is 0. The zero-order valence-corrected chi connectivity index (χ0v) is 23.8. The highest BCUT2D eigenvalue weighted by molar-refractivity contribution is 7.07. The Balaban J connectivity index is 1.50.